The lowest BCUT2D eigenvalue weighted by Gasteiger charge is -2.11. The number of hydrogen-bond donors (Lipinski definition) is 2. The van der Waals surface area contributed by atoms with E-state index in [1.165, 1.54) is 0 Å². The fourth-order valence-electron chi connectivity index (χ4n) is 2.53. The summed E-state index contributed by atoms with van der Waals surface area (Å²) in [6.07, 6.45) is 2.38. The van der Waals surface area contributed by atoms with Crippen molar-refractivity contribution < 1.29 is 14.3 Å². The van der Waals surface area contributed by atoms with Crippen molar-refractivity contribution in [3.8, 4) is 0 Å². The van der Waals surface area contributed by atoms with Crippen molar-refractivity contribution >= 4 is 29.1 Å². The van der Waals surface area contributed by atoms with E-state index in [2.05, 4.69) is 15.6 Å². The molecule has 0 aliphatic carbocycles. The molecule has 1 aliphatic rings. The topological polar surface area (TPSA) is 80.3 Å². The molecule has 0 radical (unpaired) electrons. The molecule has 0 bridgehead atoms. The van der Waals surface area contributed by atoms with Gasteiger partial charge in [-0.3, -0.25) is 14.6 Å². The normalized spacial score (nSPS) is 16.4. The van der Waals surface area contributed by atoms with Crippen LogP contribution < -0.4 is 10.6 Å². The molecule has 1 fully saturated rings. The Morgan fingerprint density at radius 1 is 1.28 bits per heavy atom. The molecular formula is C18H18ClN3O3. The van der Waals surface area contributed by atoms with Gasteiger partial charge in [-0.25, -0.2) is 0 Å². The van der Waals surface area contributed by atoms with Crippen LogP contribution in [-0.2, 0) is 16.1 Å². The Hall–Kier alpha value is -2.44. The predicted molar refractivity (Wildman–Crippen MR) is 94.4 cm³/mol. The number of amides is 2. The van der Waals surface area contributed by atoms with Gasteiger partial charge in [-0.2, -0.15) is 0 Å². The number of halogens is 1. The maximum absolute atomic E-state index is 12.3. The van der Waals surface area contributed by atoms with Crippen LogP contribution in [0, 0.1) is 5.92 Å². The lowest BCUT2D eigenvalue weighted by Crippen LogP contribution is -2.24. The molecule has 7 heteroatoms. The summed E-state index contributed by atoms with van der Waals surface area (Å²) in [7, 11) is 0. The third-order valence-electron chi connectivity index (χ3n) is 3.94. The van der Waals surface area contributed by atoms with E-state index in [1.807, 2.05) is 18.2 Å². The smallest absolute Gasteiger partial charge is 0.253 e. The molecule has 1 aliphatic heterocycles. The van der Waals surface area contributed by atoms with Gasteiger partial charge in [0.1, 0.15) is 0 Å². The summed E-state index contributed by atoms with van der Waals surface area (Å²) in [4.78, 5) is 28.5. The number of pyridine rings is 1. The minimum absolute atomic E-state index is 0.0964. The Morgan fingerprint density at radius 3 is 2.84 bits per heavy atom. The summed E-state index contributed by atoms with van der Waals surface area (Å²) in [5, 5.41) is 5.85. The number of ether oxygens (including phenoxy) is 1. The van der Waals surface area contributed by atoms with Crippen LogP contribution in [0.2, 0.25) is 5.02 Å². The Kier molecular flexibility index (Phi) is 5.63. The molecule has 2 amide bonds. The van der Waals surface area contributed by atoms with Gasteiger partial charge in [0, 0.05) is 18.5 Å². The van der Waals surface area contributed by atoms with Crippen LogP contribution >= 0.6 is 11.6 Å². The Balaban J connectivity index is 1.60. The SMILES string of the molecule is O=C(NCc1ccccn1)c1ccc(NC(=O)C2CCOC2)cc1Cl. The first-order valence-electron chi connectivity index (χ1n) is 8.00. The van der Waals surface area contributed by atoms with E-state index < -0.39 is 0 Å². The number of rotatable bonds is 5. The van der Waals surface area contributed by atoms with Crippen molar-refractivity contribution in [2.45, 2.75) is 13.0 Å². The highest BCUT2D eigenvalue weighted by atomic mass is 35.5. The second kappa shape index (κ2) is 8.09. The zero-order chi connectivity index (χ0) is 17.6. The van der Waals surface area contributed by atoms with Crippen molar-refractivity contribution in [1.29, 1.82) is 0 Å². The third-order valence-corrected chi connectivity index (χ3v) is 4.25. The van der Waals surface area contributed by atoms with Crippen LogP contribution in [0.25, 0.3) is 0 Å². The predicted octanol–water partition coefficient (Wildman–Crippen LogP) is 2.64. The highest BCUT2D eigenvalue weighted by molar-refractivity contribution is 6.34. The maximum Gasteiger partial charge on any atom is 0.253 e. The first-order valence-corrected chi connectivity index (χ1v) is 8.37. The zero-order valence-electron chi connectivity index (χ0n) is 13.5. The highest BCUT2D eigenvalue weighted by Crippen LogP contribution is 2.22. The second-order valence-corrected chi connectivity index (χ2v) is 6.16. The maximum atomic E-state index is 12.3. The Labute approximate surface area is 150 Å². The zero-order valence-corrected chi connectivity index (χ0v) is 14.3. The van der Waals surface area contributed by atoms with Crippen molar-refractivity contribution in [3.05, 3.63) is 58.9 Å². The van der Waals surface area contributed by atoms with Crippen LogP contribution in [0.1, 0.15) is 22.5 Å². The van der Waals surface area contributed by atoms with Crippen LogP contribution in [-0.4, -0.2) is 30.0 Å². The molecule has 1 saturated heterocycles. The van der Waals surface area contributed by atoms with Crippen molar-refractivity contribution in [1.82, 2.24) is 10.3 Å². The second-order valence-electron chi connectivity index (χ2n) is 5.75. The number of nitrogens with one attached hydrogen (secondary N) is 2. The molecule has 3 rings (SSSR count). The van der Waals surface area contributed by atoms with Crippen LogP contribution in [0.4, 0.5) is 5.69 Å². The first kappa shape index (κ1) is 17.4. The van der Waals surface area contributed by atoms with E-state index in [-0.39, 0.29) is 22.8 Å². The molecule has 2 heterocycles. The minimum Gasteiger partial charge on any atom is -0.381 e. The van der Waals surface area contributed by atoms with Gasteiger partial charge in [-0.05, 0) is 36.8 Å². The summed E-state index contributed by atoms with van der Waals surface area (Å²) in [6, 6.07) is 10.3. The molecule has 2 N–H and O–H groups in total. The molecular weight excluding hydrogens is 342 g/mol. The largest absolute Gasteiger partial charge is 0.381 e. The van der Waals surface area contributed by atoms with Crippen molar-refractivity contribution in [2.24, 2.45) is 5.92 Å². The van der Waals surface area contributed by atoms with E-state index in [9.17, 15) is 9.59 Å². The lowest BCUT2D eigenvalue weighted by atomic mass is 10.1. The summed E-state index contributed by atoms with van der Waals surface area (Å²) in [5.74, 6) is -0.529. The van der Waals surface area contributed by atoms with E-state index in [1.54, 1.807) is 24.4 Å². The molecule has 2 aromatic rings. The fraction of sp³-hybridized carbons (Fsp3) is 0.278. The van der Waals surface area contributed by atoms with E-state index in [0.717, 1.165) is 5.69 Å². The number of benzene rings is 1. The number of anilines is 1. The Bertz CT molecular complexity index is 761. The number of carbonyl (C=O) groups is 2. The third kappa shape index (κ3) is 4.55. The molecule has 1 atom stereocenters. The van der Waals surface area contributed by atoms with Crippen molar-refractivity contribution in [3.63, 3.8) is 0 Å². The van der Waals surface area contributed by atoms with Gasteiger partial charge in [0.05, 0.1) is 35.3 Å². The fourth-order valence-corrected chi connectivity index (χ4v) is 2.80. The first-order chi connectivity index (χ1) is 12.1. The lowest BCUT2D eigenvalue weighted by molar-refractivity contribution is -0.119. The Morgan fingerprint density at radius 2 is 2.16 bits per heavy atom. The quantitative estimate of drug-likeness (QED) is 0.860. The number of aromatic nitrogens is 1. The van der Waals surface area contributed by atoms with Gasteiger partial charge >= 0.3 is 0 Å². The standard InChI is InChI=1S/C18H18ClN3O3/c19-16-9-13(22-17(23)12-6-8-25-11-12)4-5-15(16)18(24)21-10-14-3-1-2-7-20-14/h1-5,7,9,12H,6,8,10-11H2,(H,21,24)(H,22,23). The van der Waals surface area contributed by atoms with E-state index in [0.29, 0.717) is 37.4 Å². The molecule has 1 unspecified atom stereocenters. The van der Waals surface area contributed by atoms with Gasteiger partial charge in [0.2, 0.25) is 5.91 Å². The summed E-state index contributed by atoms with van der Waals surface area (Å²) < 4.78 is 5.21. The molecule has 1 aromatic heterocycles. The van der Waals surface area contributed by atoms with Crippen LogP contribution in [0.3, 0.4) is 0 Å². The minimum atomic E-state index is -0.294. The van der Waals surface area contributed by atoms with Gasteiger partial charge < -0.3 is 15.4 Å². The molecule has 0 spiro atoms. The monoisotopic (exact) mass is 359 g/mol. The van der Waals surface area contributed by atoms with Gasteiger partial charge in [0.25, 0.3) is 5.91 Å². The number of hydrogen-bond acceptors (Lipinski definition) is 4. The summed E-state index contributed by atoms with van der Waals surface area (Å²) in [5.41, 5.74) is 1.66. The van der Waals surface area contributed by atoms with Gasteiger partial charge in [-0.15, -0.1) is 0 Å². The van der Waals surface area contributed by atoms with Crippen LogP contribution in [0.5, 0.6) is 0 Å². The molecule has 0 saturated carbocycles. The summed E-state index contributed by atoms with van der Waals surface area (Å²) >= 11 is 6.20. The molecule has 130 valence electrons. The van der Waals surface area contributed by atoms with E-state index >= 15 is 0 Å². The van der Waals surface area contributed by atoms with Crippen molar-refractivity contribution in [2.75, 3.05) is 18.5 Å². The average molecular weight is 360 g/mol. The van der Waals surface area contributed by atoms with E-state index in [4.69, 9.17) is 16.3 Å². The number of nitrogens with zero attached hydrogens (tertiary/aromatic N) is 1. The average Bonchev–Trinajstić information content (AvgIpc) is 3.15. The molecule has 6 nitrogen and oxygen atoms in total. The van der Waals surface area contributed by atoms with Gasteiger partial charge in [0.15, 0.2) is 0 Å². The van der Waals surface area contributed by atoms with Gasteiger partial charge in [-0.1, -0.05) is 17.7 Å². The highest BCUT2D eigenvalue weighted by Gasteiger charge is 2.23. The molecule has 25 heavy (non-hydrogen) atoms. The molecule has 1 aromatic carbocycles. The number of carbonyl (C=O) groups excluding carboxylic acids is 2. The van der Waals surface area contributed by atoms with Crippen LogP contribution in [0.15, 0.2) is 42.6 Å². The summed E-state index contributed by atoms with van der Waals surface area (Å²) in [6.45, 7) is 1.36.